The molecule has 0 radical (unpaired) electrons. The molecule has 2 spiro atoms. The molecule has 1 saturated carbocycles. The maximum atomic E-state index is 14.1. The lowest BCUT2D eigenvalue weighted by Crippen LogP contribution is -2.67. The molecule has 186 valence electrons. The zero-order chi connectivity index (χ0) is 23.6. The van der Waals surface area contributed by atoms with Gasteiger partial charge in [-0.2, -0.15) is 0 Å². The minimum Gasteiger partial charge on any atom is -0.391 e. The number of hydrogen-bond acceptors (Lipinski definition) is 5. The highest BCUT2D eigenvalue weighted by Crippen LogP contribution is 2.51. The average Bonchev–Trinajstić information content (AvgIpc) is 2.90. The molecule has 2 saturated heterocycles. The van der Waals surface area contributed by atoms with Crippen molar-refractivity contribution in [3.05, 3.63) is 0 Å². The minimum absolute atomic E-state index is 0.0913. The zero-order valence-electron chi connectivity index (χ0n) is 21.5. The van der Waals surface area contributed by atoms with Crippen LogP contribution in [0.1, 0.15) is 118 Å². The second-order valence-corrected chi connectivity index (χ2v) is 11.6. The van der Waals surface area contributed by atoms with Gasteiger partial charge in [-0.1, -0.05) is 51.9 Å². The number of hydrogen-bond donors (Lipinski definition) is 1. The number of carbonyl (C=O) groups is 1. The van der Waals surface area contributed by atoms with Gasteiger partial charge in [0, 0.05) is 18.5 Å². The van der Waals surface area contributed by atoms with E-state index in [-0.39, 0.29) is 11.4 Å². The Balaban J connectivity index is 1.97. The van der Waals surface area contributed by atoms with Crippen LogP contribution in [0.2, 0.25) is 0 Å². The third-order valence-electron chi connectivity index (χ3n) is 8.21. The molecule has 0 aromatic heterocycles. The third kappa shape index (κ3) is 5.18. The van der Waals surface area contributed by atoms with Crippen molar-refractivity contribution < 1.29 is 19.4 Å². The lowest BCUT2D eigenvalue weighted by atomic mass is 9.87. The van der Waals surface area contributed by atoms with Crippen LogP contribution < -0.4 is 0 Å². The summed E-state index contributed by atoms with van der Waals surface area (Å²) in [6.45, 7) is 10.6. The molecule has 3 fully saturated rings. The van der Waals surface area contributed by atoms with Crippen molar-refractivity contribution in [2.45, 2.75) is 147 Å². The minimum atomic E-state index is -1.29. The van der Waals surface area contributed by atoms with Gasteiger partial charge in [-0.15, -0.1) is 0 Å². The van der Waals surface area contributed by atoms with Crippen molar-refractivity contribution in [1.29, 1.82) is 0 Å². The van der Waals surface area contributed by atoms with Gasteiger partial charge < -0.3 is 19.5 Å². The highest BCUT2D eigenvalue weighted by molar-refractivity contribution is 5.86. The number of nitrogens with zero attached hydrogens (tertiary/aromatic N) is 2. The number of rotatable bonds is 3. The second kappa shape index (κ2) is 9.89. The topological polar surface area (TPSA) is 62.2 Å². The number of β-amino-alcohol motifs (C(OH)–C–C–N with tert-alkyl or cyclic N) is 1. The maximum Gasteiger partial charge on any atom is 0.285 e. The first-order chi connectivity index (χ1) is 15.0. The van der Waals surface area contributed by atoms with Crippen LogP contribution in [0.3, 0.4) is 0 Å². The number of aliphatic hydroxyl groups excluding tert-OH is 1. The summed E-state index contributed by atoms with van der Waals surface area (Å²) >= 11 is 0. The highest BCUT2D eigenvalue weighted by atomic mass is 16.8. The Labute approximate surface area is 196 Å². The lowest BCUT2D eigenvalue weighted by molar-refractivity contribution is -0.357. The van der Waals surface area contributed by atoms with Crippen molar-refractivity contribution in [1.82, 2.24) is 9.80 Å². The van der Waals surface area contributed by atoms with Crippen LogP contribution in [0.25, 0.3) is 0 Å². The van der Waals surface area contributed by atoms with Crippen LogP contribution >= 0.6 is 0 Å². The summed E-state index contributed by atoms with van der Waals surface area (Å²) in [7, 11) is 2.05. The van der Waals surface area contributed by atoms with Crippen LogP contribution in [0.5, 0.6) is 0 Å². The van der Waals surface area contributed by atoms with E-state index in [1.54, 1.807) is 0 Å². The first-order valence-electron chi connectivity index (χ1n) is 13.1. The molecule has 0 bridgehead atoms. The van der Waals surface area contributed by atoms with E-state index in [0.717, 1.165) is 38.5 Å². The quantitative estimate of drug-likeness (QED) is 0.639. The van der Waals surface area contributed by atoms with Crippen LogP contribution in [0.15, 0.2) is 0 Å². The van der Waals surface area contributed by atoms with Crippen molar-refractivity contribution in [2.75, 3.05) is 13.6 Å². The van der Waals surface area contributed by atoms with E-state index < -0.39 is 23.3 Å². The molecule has 3 aliphatic rings. The average molecular weight is 453 g/mol. The molecule has 1 N–H and O–H groups in total. The van der Waals surface area contributed by atoms with E-state index in [9.17, 15) is 9.90 Å². The maximum absolute atomic E-state index is 14.1. The normalized spacial score (nSPS) is 32.6. The number of aliphatic hydroxyl groups is 1. The summed E-state index contributed by atoms with van der Waals surface area (Å²) in [5.74, 6) is -1.38. The van der Waals surface area contributed by atoms with Gasteiger partial charge in [0.05, 0.1) is 6.10 Å². The molecule has 6 heteroatoms. The summed E-state index contributed by atoms with van der Waals surface area (Å²) in [6, 6.07) is 0. The molecular weight excluding hydrogens is 404 g/mol. The SMILES string of the molecule is CCC(O)CN1C(=O)C2(CC(C)(C)N(C)C(C)(C)O2)OC12CCCCCCCCCCC2. The molecule has 2 atom stereocenters. The smallest absolute Gasteiger partial charge is 0.285 e. The first-order valence-corrected chi connectivity index (χ1v) is 13.1. The van der Waals surface area contributed by atoms with Gasteiger partial charge in [-0.25, -0.2) is 0 Å². The monoisotopic (exact) mass is 452 g/mol. The number of amides is 1. The molecule has 0 aromatic rings. The Morgan fingerprint density at radius 3 is 1.88 bits per heavy atom. The summed E-state index contributed by atoms with van der Waals surface area (Å²) in [4.78, 5) is 18.2. The van der Waals surface area contributed by atoms with Gasteiger partial charge in [0.2, 0.25) is 0 Å². The van der Waals surface area contributed by atoms with Crippen LogP contribution in [-0.2, 0) is 14.3 Å². The van der Waals surface area contributed by atoms with E-state index >= 15 is 0 Å². The molecule has 0 aromatic carbocycles. The molecule has 2 heterocycles. The van der Waals surface area contributed by atoms with Crippen molar-refractivity contribution in [3.63, 3.8) is 0 Å². The largest absolute Gasteiger partial charge is 0.391 e. The summed E-state index contributed by atoms with van der Waals surface area (Å²) in [5.41, 5.74) is -1.58. The fourth-order valence-corrected chi connectivity index (χ4v) is 6.02. The molecule has 1 aliphatic carbocycles. The Kier molecular flexibility index (Phi) is 8.01. The molecule has 32 heavy (non-hydrogen) atoms. The number of ether oxygens (including phenoxy) is 2. The fourth-order valence-electron chi connectivity index (χ4n) is 6.02. The first kappa shape index (κ1) is 25.9. The zero-order valence-corrected chi connectivity index (χ0v) is 21.5. The number of carbonyl (C=O) groups excluding carboxylic acids is 1. The standard InChI is InChI=1S/C26H48N2O4/c1-7-21(29)19-28-22(30)26(20-23(2,3)27(6)24(4,5)31-26)32-25(28)17-15-13-11-9-8-10-12-14-16-18-25/h21,29H,7-20H2,1-6H3. The van der Waals surface area contributed by atoms with Crippen LogP contribution in [0.4, 0.5) is 0 Å². The van der Waals surface area contributed by atoms with Gasteiger partial charge in [-0.05, 0) is 66.8 Å². The lowest BCUT2D eigenvalue weighted by Gasteiger charge is -2.55. The fraction of sp³-hybridized carbons (Fsp3) is 0.962. The summed E-state index contributed by atoms with van der Waals surface area (Å²) < 4.78 is 13.5. The Bertz CT molecular complexity index is 618. The summed E-state index contributed by atoms with van der Waals surface area (Å²) in [5, 5.41) is 10.6. The van der Waals surface area contributed by atoms with Crippen LogP contribution in [0, 0.1) is 0 Å². The van der Waals surface area contributed by atoms with Crippen molar-refractivity contribution in [3.8, 4) is 0 Å². The Hall–Kier alpha value is -0.690. The summed E-state index contributed by atoms with van der Waals surface area (Å²) in [6.07, 6.45) is 13.0. The predicted molar refractivity (Wildman–Crippen MR) is 127 cm³/mol. The van der Waals surface area contributed by atoms with Crippen LogP contribution in [-0.4, -0.2) is 63.3 Å². The van der Waals surface area contributed by atoms with E-state index in [1.807, 2.05) is 25.7 Å². The third-order valence-corrected chi connectivity index (χ3v) is 8.21. The molecule has 6 nitrogen and oxygen atoms in total. The molecule has 2 unspecified atom stereocenters. The van der Waals surface area contributed by atoms with E-state index in [0.29, 0.717) is 19.4 Å². The molecule has 2 aliphatic heterocycles. The van der Waals surface area contributed by atoms with E-state index in [1.165, 1.54) is 32.1 Å². The Morgan fingerprint density at radius 1 is 0.906 bits per heavy atom. The predicted octanol–water partition coefficient (Wildman–Crippen LogP) is 5.18. The van der Waals surface area contributed by atoms with Gasteiger partial charge in [0.1, 0.15) is 11.4 Å². The van der Waals surface area contributed by atoms with Gasteiger partial charge in [0.15, 0.2) is 0 Å². The van der Waals surface area contributed by atoms with Crippen molar-refractivity contribution in [2.24, 2.45) is 0 Å². The van der Waals surface area contributed by atoms with Crippen molar-refractivity contribution >= 4 is 5.91 Å². The molecule has 1 amide bonds. The van der Waals surface area contributed by atoms with Gasteiger partial charge in [-0.3, -0.25) is 9.69 Å². The molecule has 3 rings (SSSR count). The second-order valence-electron chi connectivity index (χ2n) is 11.6. The van der Waals surface area contributed by atoms with Gasteiger partial charge >= 0.3 is 0 Å². The highest BCUT2D eigenvalue weighted by Gasteiger charge is 2.67. The van der Waals surface area contributed by atoms with E-state index in [4.69, 9.17) is 9.47 Å². The Morgan fingerprint density at radius 2 is 1.41 bits per heavy atom. The van der Waals surface area contributed by atoms with Gasteiger partial charge in [0.25, 0.3) is 11.7 Å². The van der Waals surface area contributed by atoms with E-state index in [2.05, 4.69) is 25.8 Å². The molecular formula is C26H48N2O4.